The van der Waals surface area contributed by atoms with Crippen molar-refractivity contribution in [2.45, 2.75) is 32.4 Å². The largest absolute Gasteiger partial charge is 0.480 e. The molecule has 4 amide bonds. The van der Waals surface area contributed by atoms with Crippen LogP contribution in [0.3, 0.4) is 0 Å². The number of aliphatic carboxylic acids is 1. The summed E-state index contributed by atoms with van der Waals surface area (Å²) in [6, 6.07) is -1.91. The molecular weight excluding hydrogens is 280 g/mol. The van der Waals surface area contributed by atoms with Crippen LogP contribution in [0.25, 0.3) is 0 Å². The van der Waals surface area contributed by atoms with Gasteiger partial charge in [0.05, 0.1) is 6.54 Å². The minimum absolute atomic E-state index is 0.157. The van der Waals surface area contributed by atoms with E-state index in [1.165, 1.54) is 0 Å². The molecule has 0 aromatic rings. The van der Waals surface area contributed by atoms with Crippen LogP contribution in [0.1, 0.15) is 20.8 Å². The van der Waals surface area contributed by atoms with E-state index >= 15 is 0 Å². The van der Waals surface area contributed by atoms with Gasteiger partial charge in [0.15, 0.2) is 0 Å². The van der Waals surface area contributed by atoms with Gasteiger partial charge in [0.25, 0.3) is 0 Å². The zero-order valence-electron chi connectivity index (χ0n) is 12.2. The predicted octanol–water partition coefficient (Wildman–Crippen LogP) is -1.50. The Balaban J connectivity index is 2.58. The molecule has 0 aliphatic carbocycles. The molecule has 0 radical (unpaired) electrons. The van der Waals surface area contributed by atoms with E-state index in [0.29, 0.717) is 0 Å². The summed E-state index contributed by atoms with van der Waals surface area (Å²) in [5, 5.41) is 16.4. The molecule has 1 saturated heterocycles. The summed E-state index contributed by atoms with van der Waals surface area (Å²) >= 11 is 0. The van der Waals surface area contributed by atoms with Crippen LogP contribution in [-0.2, 0) is 14.4 Å². The number of urea groups is 1. The molecule has 1 aliphatic heterocycles. The minimum Gasteiger partial charge on any atom is -0.480 e. The zero-order valence-corrected chi connectivity index (χ0v) is 12.2. The summed E-state index contributed by atoms with van der Waals surface area (Å²) in [4.78, 5) is 46.7. The van der Waals surface area contributed by atoms with Crippen LogP contribution < -0.4 is 16.0 Å². The molecule has 0 spiro atoms. The van der Waals surface area contributed by atoms with Crippen molar-refractivity contribution < 1.29 is 24.3 Å². The SMILES string of the molecule is CC(C)(C)NC(=O)CNC(=O)N1CC(=O)NCC1C(=O)O. The molecule has 1 unspecified atom stereocenters. The molecule has 1 heterocycles. The summed E-state index contributed by atoms with van der Waals surface area (Å²) in [7, 11) is 0. The van der Waals surface area contributed by atoms with Crippen LogP contribution in [0, 0.1) is 0 Å². The first-order valence-electron chi connectivity index (χ1n) is 6.45. The van der Waals surface area contributed by atoms with Crippen molar-refractivity contribution in [2.24, 2.45) is 0 Å². The number of carboxylic acid groups (broad SMARTS) is 1. The second-order valence-electron chi connectivity index (χ2n) is 5.74. The Bertz CT molecular complexity index is 457. The van der Waals surface area contributed by atoms with Crippen LogP contribution >= 0.6 is 0 Å². The van der Waals surface area contributed by atoms with Gasteiger partial charge >= 0.3 is 12.0 Å². The van der Waals surface area contributed by atoms with Crippen molar-refractivity contribution in [1.82, 2.24) is 20.9 Å². The molecule has 0 saturated carbocycles. The molecule has 21 heavy (non-hydrogen) atoms. The number of nitrogens with zero attached hydrogens (tertiary/aromatic N) is 1. The fraction of sp³-hybridized carbons (Fsp3) is 0.667. The Morgan fingerprint density at radius 1 is 1.38 bits per heavy atom. The van der Waals surface area contributed by atoms with Crippen molar-refractivity contribution in [3.63, 3.8) is 0 Å². The lowest BCUT2D eigenvalue weighted by molar-refractivity contribution is -0.144. The average Bonchev–Trinajstić information content (AvgIpc) is 2.33. The maximum atomic E-state index is 11.9. The molecule has 0 aromatic carbocycles. The maximum Gasteiger partial charge on any atom is 0.328 e. The number of amides is 4. The van der Waals surface area contributed by atoms with Gasteiger partial charge in [-0.3, -0.25) is 14.5 Å². The fourth-order valence-corrected chi connectivity index (χ4v) is 1.80. The van der Waals surface area contributed by atoms with Crippen molar-refractivity contribution in [3.8, 4) is 0 Å². The molecule has 4 N–H and O–H groups in total. The molecule has 9 nitrogen and oxygen atoms in total. The third kappa shape index (κ3) is 5.28. The van der Waals surface area contributed by atoms with Gasteiger partial charge in [0.2, 0.25) is 11.8 Å². The quantitative estimate of drug-likeness (QED) is 0.504. The second kappa shape index (κ2) is 6.42. The van der Waals surface area contributed by atoms with E-state index in [2.05, 4.69) is 16.0 Å². The van der Waals surface area contributed by atoms with Gasteiger partial charge in [-0.15, -0.1) is 0 Å². The lowest BCUT2D eigenvalue weighted by Crippen LogP contribution is -2.62. The molecule has 118 valence electrons. The summed E-state index contributed by atoms with van der Waals surface area (Å²) < 4.78 is 0. The Labute approximate surface area is 122 Å². The Hall–Kier alpha value is -2.32. The topological polar surface area (TPSA) is 128 Å². The zero-order chi connectivity index (χ0) is 16.2. The van der Waals surface area contributed by atoms with Gasteiger partial charge in [-0.05, 0) is 20.8 Å². The van der Waals surface area contributed by atoms with Crippen LogP contribution in [0.15, 0.2) is 0 Å². The number of carboxylic acids is 1. The van der Waals surface area contributed by atoms with Gasteiger partial charge < -0.3 is 21.1 Å². The van der Waals surface area contributed by atoms with E-state index in [0.717, 1.165) is 4.90 Å². The molecular formula is C12H20N4O5. The maximum absolute atomic E-state index is 11.9. The minimum atomic E-state index is -1.22. The fourth-order valence-electron chi connectivity index (χ4n) is 1.80. The lowest BCUT2D eigenvalue weighted by atomic mass is 10.1. The molecule has 1 atom stereocenters. The number of rotatable bonds is 3. The van der Waals surface area contributed by atoms with Crippen molar-refractivity contribution in [3.05, 3.63) is 0 Å². The number of nitrogens with one attached hydrogen (secondary N) is 3. The van der Waals surface area contributed by atoms with E-state index in [1.54, 1.807) is 20.8 Å². The molecule has 1 rings (SSSR count). The van der Waals surface area contributed by atoms with E-state index in [-0.39, 0.29) is 19.6 Å². The number of hydrogen-bond donors (Lipinski definition) is 4. The van der Waals surface area contributed by atoms with Crippen molar-refractivity contribution in [1.29, 1.82) is 0 Å². The van der Waals surface area contributed by atoms with Crippen LogP contribution in [0.2, 0.25) is 0 Å². The summed E-state index contributed by atoms with van der Waals surface area (Å²) in [5.74, 6) is -2.06. The van der Waals surface area contributed by atoms with Gasteiger partial charge in [-0.1, -0.05) is 0 Å². The van der Waals surface area contributed by atoms with Gasteiger partial charge in [0.1, 0.15) is 12.6 Å². The van der Waals surface area contributed by atoms with Crippen molar-refractivity contribution >= 4 is 23.8 Å². The average molecular weight is 300 g/mol. The standard InChI is InChI=1S/C12H20N4O5/c1-12(2,3)15-8(17)5-14-11(21)16-6-9(18)13-4-7(16)10(19)20/h7H,4-6H2,1-3H3,(H,13,18)(H,14,21)(H,15,17)(H,19,20). The third-order valence-corrected chi connectivity index (χ3v) is 2.64. The number of piperazine rings is 1. The van der Waals surface area contributed by atoms with E-state index in [9.17, 15) is 19.2 Å². The second-order valence-corrected chi connectivity index (χ2v) is 5.74. The number of carbonyl (C=O) groups is 4. The highest BCUT2D eigenvalue weighted by Crippen LogP contribution is 2.05. The van der Waals surface area contributed by atoms with E-state index in [4.69, 9.17) is 5.11 Å². The smallest absolute Gasteiger partial charge is 0.328 e. The first kappa shape index (κ1) is 16.7. The first-order valence-corrected chi connectivity index (χ1v) is 6.45. The summed E-state index contributed by atoms with van der Waals surface area (Å²) in [6.45, 7) is 4.58. The molecule has 0 bridgehead atoms. The lowest BCUT2D eigenvalue weighted by Gasteiger charge is -2.32. The van der Waals surface area contributed by atoms with E-state index < -0.39 is 35.4 Å². The first-order chi connectivity index (χ1) is 9.60. The monoisotopic (exact) mass is 300 g/mol. The summed E-state index contributed by atoms with van der Waals surface area (Å²) in [5.41, 5.74) is -0.434. The Morgan fingerprint density at radius 2 is 2.00 bits per heavy atom. The highest BCUT2D eigenvalue weighted by atomic mass is 16.4. The molecule has 9 heteroatoms. The van der Waals surface area contributed by atoms with Crippen LogP contribution in [0.4, 0.5) is 4.79 Å². The van der Waals surface area contributed by atoms with Gasteiger partial charge in [-0.2, -0.15) is 0 Å². The number of carbonyl (C=O) groups excluding carboxylic acids is 3. The Morgan fingerprint density at radius 3 is 2.52 bits per heavy atom. The summed E-state index contributed by atoms with van der Waals surface area (Å²) in [6.07, 6.45) is 0. The normalized spacial score (nSPS) is 18.7. The van der Waals surface area contributed by atoms with E-state index in [1.807, 2.05) is 0 Å². The van der Waals surface area contributed by atoms with Crippen molar-refractivity contribution in [2.75, 3.05) is 19.6 Å². The van der Waals surface area contributed by atoms with Gasteiger partial charge in [0, 0.05) is 12.1 Å². The number of hydrogen-bond acceptors (Lipinski definition) is 4. The highest BCUT2D eigenvalue weighted by Gasteiger charge is 2.35. The van der Waals surface area contributed by atoms with Gasteiger partial charge in [-0.25, -0.2) is 9.59 Å². The van der Waals surface area contributed by atoms with Crippen LogP contribution in [0.5, 0.6) is 0 Å². The molecule has 1 aliphatic rings. The highest BCUT2D eigenvalue weighted by molar-refractivity contribution is 5.92. The molecule has 0 aromatic heterocycles. The Kier molecular flexibility index (Phi) is 5.12. The van der Waals surface area contributed by atoms with Crippen LogP contribution in [-0.4, -0.2) is 65.0 Å². The third-order valence-electron chi connectivity index (χ3n) is 2.64. The predicted molar refractivity (Wildman–Crippen MR) is 72.4 cm³/mol. The molecule has 1 fully saturated rings.